The molecule has 112 valence electrons. The van der Waals surface area contributed by atoms with Crippen molar-refractivity contribution in [2.24, 2.45) is 0 Å². The average molecular weight is 300 g/mol. The molecule has 0 aliphatic heterocycles. The molecule has 2 unspecified atom stereocenters. The van der Waals surface area contributed by atoms with Gasteiger partial charge in [0.15, 0.2) is 0 Å². The highest BCUT2D eigenvalue weighted by Crippen LogP contribution is 2.31. The zero-order valence-corrected chi connectivity index (χ0v) is 13.9. The topological polar surface area (TPSA) is 24.9 Å². The molecule has 0 saturated heterocycles. The number of thioether (sulfide) groups is 1. The van der Waals surface area contributed by atoms with E-state index in [9.17, 15) is 0 Å². The molecule has 2 atom stereocenters. The van der Waals surface area contributed by atoms with Crippen molar-refractivity contribution < 1.29 is 0 Å². The first kappa shape index (κ1) is 16.1. The minimum atomic E-state index is 0.365. The Morgan fingerprint density at radius 3 is 2.38 bits per heavy atom. The van der Waals surface area contributed by atoms with Gasteiger partial charge in [-0.3, -0.25) is 4.98 Å². The standard InChI is InChI=1S/C18H24N2S/c1-4-11-20-18(16-7-5-14(2)6-8-16)15(3)21-17-9-12-19-13-10-17/h5-10,12-13,15,18,20H,4,11H2,1-3H3. The first-order valence-corrected chi connectivity index (χ1v) is 8.45. The predicted molar refractivity (Wildman–Crippen MR) is 91.8 cm³/mol. The van der Waals surface area contributed by atoms with E-state index in [-0.39, 0.29) is 0 Å². The fourth-order valence-electron chi connectivity index (χ4n) is 2.33. The normalized spacial score (nSPS) is 13.9. The number of nitrogens with zero attached hydrogens (tertiary/aromatic N) is 1. The van der Waals surface area contributed by atoms with Crippen molar-refractivity contribution in [3.63, 3.8) is 0 Å². The lowest BCUT2D eigenvalue weighted by atomic mass is 10.0. The fraction of sp³-hybridized carbons (Fsp3) is 0.389. The maximum Gasteiger partial charge on any atom is 0.0441 e. The SMILES string of the molecule is CCCNC(c1ccc(C)cc1)C(C)Sc1ccncc1. The van der Waals surface area contributed by atoms with E-state index in [1.807, 2.05) is 24.2 Å². The van der Waals surface area contributed by atoms with Gasteiger partial charge in [0.05, 0.1) is 0 Å². The van der Waals surface area contributed by atoms with E-state index < -0.39 is 0 Å². The van der Waals surface area contributed by atoms with Gasteiger partial charge in [0, 0.05) is 28.6 Å². The monoisotopic (exact) mass is 300 g/mol. The summed E-state index contributed by atoms with van der Waals surface area (Å²) in [5.41, 5.74) is 2.67. The summed E-state index contributed by atoms with van der Waals surface area (Å²) in [5, 5.41) is 4.15. The van der Waals surface area contributed by atoms with Crippen molar-refractivity contribution in [1.29, 1.82) is 0 Å². The molecule has 0 amide bonds. The van der Waals surface area contributed by atoms with Crippen LogP contribution in [0.15, 0.2) is 53.7 Å². The van der Waals surface area contributed by atoms with Gasteiger partial charge in [0.2, 0.25) is 0 Å². The molecule has 0 bridgehead atoms. The van der Waals surface area contributed by atoms with E-state index in [1.54, 1.807) is 0 Å². The molecule has 0 spiro atoms. The second-order valence-corrected chi connectivity index (χ2v) is 6.80. The van der Waals surface area contributed by atoms with Crippen LogP contribution in [0, 0.1) is 6.92 Å². The molecule has 2 nitrogen and oxygen atoms in total. The minimum absolute atomic E-state index is 0.365. The largest absolute Gasteiger partial charge is 0.309 e. The molecule has 1 aromatic carbocycles. The quantitative estimate of drug-likeness (QED) is 0.756. The smallest absolute Gasteiger partial charge is 0.0441 e. The van der Waals surface area contributed by atoms with E-state index in [0.717, 1.165) is 13.0 Å². The van der Waals surface area contributed by atoms with Gasteiger partial charge in [-0.2, -0.15) is 0 Å². The number of pyridine rings is 1. The molecule has 0 aliphatic rings. The zero-order valence-electron chi connectivity index (χ0n) is 13.0. The van der Waals surface area contributed by atoms with Crippen molar-refractivity contribution in [3.05, 3.63) is 59.9 Å². The molecule has 0 fully saturated rings. The molecule has 1 heterocycles. The van der Waals surface area contributed by atoms with Crippen LogP contribution in [0.1, 0.15) is 37.4 Å². The summed E-state index contributed by atoms with van der Waals surface area (Å²) in [7, 11) is 0. The Bertz CT molecular complexity index is 525. The van der Waals surface area contributed by atoms with E-state index in [4.69, 9.17) is 0 Å². The third kappa shape index (κ3) is 4.87. The summed E-state index contributed by atoms with van der Waals surface area (Å²) in [5.74, 6) is 0. The van der Waals surface area contributed by atoms with Crippen LogP contribution in [0.3, 0.4) is 0 Å². The molecule has 1 N–H and O–H groups in total. The second-order valence-electron chi connectivity index (χ2n) is 5.35. The first-order valence-electron chi connectivity index (χ1n) is 7.57. The molecule has 0 saturated carbocycles. The van der Waals surface area contributed by atoms with Gasteiger partial charge >= 0.3 is 0 Å². The van der Waals surface area contributed by atoms with Gasteiger partial charge in [0.1, 0.15) is 0 Å². The van der Waals surface area contributed by atoms with Gasteiger partial charge < -0.3 is 5.32 Å². The average Bonchev–Trinajstić information content (AvgIpc) is 2.50. The number of rotatable bonds is 7. The molecular formula is C18H24N2S. The number of nitrogens with one attached hydrogen (secondary N) is 1. The van der Waals surface area contributed by atoms with E-state index in [0.29, 0.717) is 11.3 Å². The van der Waals surface area contributed by atoms with Gasteiger partial charge in [0.25, 0.3) is 0 Å². The Morgan fingerprint density at radius 1 is 1.10 bits per heavy atom. The van der Waals surface area contributed by atoms with Gasteiger partial charge in [-0.25, -0.2) is 0 Å². The third-order valence-corrected chi connectivity index (χ3v) is 4.68. The number of hydrogen-bond donors (Lipinski definition) is 1. The Hall–Kier alpha value is -1.32. The van der Waals surface area contributed by atoms with Crippen LogP contribution >= 0.6 is 11.8 Å². The van der Waals surface area contributed by atoms with Crippen molar-refractivity contribution in [2.45, 2.75) is 43.4 Å². The Balaban J connectivity index is 2.12. The van der Waals surface area contributed by atoms with Crippen molar-refractivity contribution in [2.75, 3.05) is 6.54 Å². The Morgan fingerprint density at radius 2 is 1.76 bits per heavy atom. The molecule has 0 aliphatic carbocycles. The van der Waals surface area contributed by atoms with Crippen LogP contribution in [0.25, 0.3) is 0 Å². The van der Waals surface area contributed by atoms with Crippen LogP contribution in [0.5, 0.6) is 0 Å². The predicted octanol–water partition coefficient (Wildman–Crippen LogP) is 4.61. The number of aromatic nitrogens is 1. The summed E-state index contributed by atoms with van der Waals surface area (Å²) in [6.45, 7) is 7.67. The Kier molecular flexibility index (Phi) is 6.27. The summed E-state index contributed by atoms with van der Waals surface area (Å²) >= 11 is 1.90. The zero-order chi connectivity index (χ0) is 15.1. The van der Waals surface area contributed by atoms with E-state index >= 15 is 0 Å². The summed E-state index contributed by atoms with van der Waals surface area (Å²) < 4.78 is 0. The molecule has 21 heavy (non-hydrogen) atoms. The fourth-order valence-corrected chi connectivity index (χ4v) is 3.43. The molecular weight excluding hydrogens is 276 g/mol. The summed E-state index contributed by atoms with van der Waals surface area (Å²) in [4.78, 5) is 5.36. The maximum atomic E-state index is 4.09. The molecule has 1 aromatic heterocycles. The van der Waals surface area contributed by atoms with E-state index in [1.165, 1.54) is 16.0 Å². The lowest BCUT2D eigenvalue weighted by Gasteiger charge is -2.25. The van der Waals surface area contributed by atoms with Crippen LogP contribution in [0.4, 0.5) is 0 Å². The lowest BCUT2D eigenvalue weighted by Crippen LogP contribution is -2.29. The first-order chi connectivity index (χ1) is 10.2. The highest BCUT2D eigenvalue weighted by atomic mass is 32.2. The molecule has 0 radical (unpaired) electrons. The Labute approximate surface area is 132 Å². The third-order valence-electron chi connectivity index (χ3n) is 3.49. The van der Waals surface area contributed by atoms with Crippen molar-refractivity contribution in [1.82, 2.24) is 10.3 Å². The number of benzene rings is 1. The van der Waals surface area contributed by atoms with Crippen LogP contribution in [-0.2, 0) is 0 Å². The number of aryl methyl sites for hydroxylation is 1. The highest BCUT2D eigenvalue weighted by Gasteiger charge is 2.19. The van der Waals surface area contributed by atoms with Gasteiger partial charge in [-0.1, -0.05) is 43.7 Å². The lowest BCUT2D eigenvalue weighted by molar-refractivity contribution is 0.528. The van der Waals surface area contributed by atoms with Crippen molar-refractivity contribution in [3.8, 4) is 0 Å². The van der Waals surface area contributed by atoms with Crippen LogP contribution in [0.2, 0.25) is 0 Å². The maximum absolute atomic E-state index is 4.09. The highest BCUT2D eigenvalue weighted by molar-refractivity contribution is 8.00. The van der Waals surface area contributed by atoms with Crippen LogP contribution < -0.4 is 5.32 Å². The van der Waals surface area contributed by atoms with E-state index in [2.05, 4.69) is 67.5 Å². The number of hydrogen-bond acceptors (Lipinski definition) is 3. The van der Waals surface area contributed by atoms with Crippen LogP contribution in [-0.4, -0.2) is 16.8 Å². The van der Waals surface area contributed by atoms with Crippen molar-refractivity contribution >= 4 is 11.8 Å². The summed E-state index contributed by atoms with van der Waals surface area (Å²) in [6, 6.07) is 13.4. The minimum Gasteiger partial charge on any atom is -0.309 e. The van der Waals surface area contributed by atoms with Gasteiger partial charge in [-0.15, -0.1) is 11.8 Å². The van der Waals surface area contributed by atoms with Gasteiger partial charge in [-0.05, 0) is 37.6 Å². The molecule has 2 rings (SSSR count). The molecule has 3 heteroatoms. The second kappa shape index (κ2) is 8.20. The molecule has 2 aromatic rings. The summed E-state index contributed by atoms with van der Waals surface area (Å²) in [6.07, 6.45) is 4.86.